The molecule has 76 valence electrons. The Hall–Kier alpha value is -1.06. The van der Waals surface area contributed by atoms with Gasteiger partial charge in [-0.05, 0) is 25.0 Å². The molecule has 1 aromatic carbocycles. The molecule has 14 heavy (non-hydrogen) atoms. The third-order valence-corrected chi connectivity index (χ3v) is 2.70. The molecule has 0 aliphatic carbocycles. The smallest absolute Gasteiger partial charge is 0.186 e. The maximum absolute atomic E-state index is 6.00. The molecular weight excluding hydrogens is 178 g/mol. The van der Waals surface area contributed by atoms with Gasteiger partial charge in [-0.3, -0.25) is 0 Å². The maximum atomic E-state index is 6.00. The van der Waals surface area contributed by atoms with Crippen molar-refractivity contribution in [3.63, 3.8) is 0 Å². The lowest BCUT2D eigenvalue weighted by Gasteiger charge is -2.15. The SMILES string of the molecule is Cc1ccc(C2OCCO2)c(N)c1C. The molecule has 3 heteroatoms. The Labute approximate surface area is 83.8 Å². The van der Waals surface area contributed by atoms with Crippen LogP contribution in [0.4, 0.5) is 5.69 Å². The Morgan fingerprint density at radius 1 is 1.21 bits per heavy atom. The predicted molar refractivity (Wildman–Crippen MR) is 55.0 cm³/mol. The first-order chi connectivity index (χ1) is 6.70. The summed E-state index contributed by atoms with van der Waals surface area (Å²) >= 11 is 0. The van der Waals surface area contributed by atoms with Crippen molar-refractivity contribution in [2.75, 3.05) is 18.9 Å². The van der Waals surface area contributed by atoms with Crippen LogP contribution in [0.3, 0.4) is 0 Å². The predicted octanol–water partition coefficient (Wildman–Crippen LogP) is 1.93. The molecule has 2 N–H and O–H groups in total. The summed E-state index contributed by atoms with van der Waals surface area (Å²) in [5, 5.41) is 0. The zero-order valence-electron chi connectivity index (χ0n) is 8.54. The fraction of sp³-hybridized carbons (Fsp3) is 0.455. The third kappa shape index (κ3) is 1.49. The molecule has 1 saturated heterocycles. The minimum Gasteiger partial charge on any atom is -0.398 e. The summed E-state index contributed by atoms with van der Waals surface area (Å²) in [5.74, 6) is 0. The maximum Gasteiger partial charge on any atom is 0.186 e. The first-order valence-electron chi connectivity index (χ1n) is 4.79. The number of ether oxygens (including phenoxy) is 2. The highest BCUT2D eigenvalue weighted by Gasteiger charge is 2.21. The molecule has 0 atom stereocenters. The average Bonchev–Trinajstić information content (AvgIpc) is 2.67. The molecule has 0 spiro atoms. The van der Waals surface area contributed by atoms with E-state index in [9.17, 15) is 0 Å². The van der Waals surface area contributed by atoms with E-state index >= 15 is 0 Å². The molecule has 1 aliphatic rings. The number of hydrogen-bond acceptors (Lipinski definition) is 3. The first kappa shape index (κ1) is 9.49. The summed E-state index contributed by atoms with van der Waals surface area (Å²) in [5.41, 5.74) is 10.1. The van der Waals surface area contributed by atoms with Gasteiger partial charge in [-0.1, -0.05) is 12.1 Å². The van der Waals surface area contributed by atoms with Gasteiger partial charge in [-0.2, -0.15) is 0 Å². The summed E-state index contributed by atoms with van der Waals surface area (Å²) in [4.78, 5) is 0. The monoisotopic (exact) mass is 193 g/mol. The number of aryl methyl sites for hydroxylation is 1. The van der Waals surface area contributed by atoms with Crippen LogP contribution in [-0.2, 0) is 9.47 Å². The van der Waals surface area contributed by atoms with Crippen molar-refractivity contribution < 1.29 is 9.47 Å². The van der Waals surface area contributed by atoms with E-state index in [1.807, 2.05) is 26.0 Å². The summed E-state index contributed by atoms with van der Waals surface area (Å²) in [6, 6.07) is 4.03. The van der Waals surface area contributed by atoms with Gasteiger partial charge in [0.15, 0.2) is 6.29 Å². The number of nitrogen functional groups attached to an aromatic ring is 1. The van der Waals surface area contributed by atoms with Crippen molar-refractivity contribution in [3.8, 4) is 0 Å². The van der Waals surface area contributed by atoms with Crippen LogP contribution >= 0.6 is 0 Å². The topological polar surface area (TPSA) is 44.5 Å². The van der Waals surface area contributed by atoms with E-state index in [0.29, 0.717) is 13.2 Å². The molecular formula is C11H15NO2. The second-order valence-electron chi connectivity index (χ2n) is 3.58. The molecule has 0 radical (unpaired) electrons. The minimum atomic E-state index is -0.269. The lowest BCUT2D eigenvalue weighted by Crippen LogP contribution is -2.05. The number of rotatable bonds is 1. The van der Waals surface area contributed by atoms with E-state index in [0.717, 1.165) is 16.8 Å². The quantitative estimate of drug-likeness (QED) is 0.693. The van der Waals surface area contributed by atoms with Crippen molar-refractivity contribution in [1.82, 2.24) is 0 Å². The van der Waals surface area contributed by atoms with Gasteiger partial charge in [-0.15, -0.1) is 0 Å². The highest BCUT2D eigenvalue weighted by Crippen LogP contribution is 2.31. The van der Waals surface area contributed by atoms with E-state index in [1.165, 1.54) is 5.56 Å². The summed E-state index contributed by atoms with van der Waals surface area (Å²) in [7, 11) is 0. The highest BCUT2D eigenvalue weighted by atomic mass is 16.7. The molecule has 0 bridgehead atoms. The van der Waals surface area contributed by atoms with Crippen LogP contribution in [-0.4, -0.2) is 13.2 Å². The molecule has 1 aromatic rings. The Bertz CT molecular complexity index is 343. The van der Waals surface area contributed by atoms with E-state index < -0.39 is 0 Å². The number of benzene rings is 1. The fourth-order valence-corrected chi connectivity index (χ4v) is 1.60. The normalized spacial score (nSPS) is 17.6. The molecule has 0 saturated carbocycles. The molecule has 1 aliphatic heterocycles. The van der Waals surface area contributed by atoms with Crippen LogP contribution in [0.1, 0.15) is 23.0 Å². The Morgan fingerprint density at radius 2 is 1.86 bits per heavy atom. The molecule has 1 heterocycles. The molecule has 1 fully saturated rings. The Balaban J connectivity index is 2.38. The molecule has 3 nitrogen and oxygen atoms in total. The van der Waals surface area contributed by atoms with Crippen LogP contribution in [0.2, 0.25) is 0 Å². The van der Waals surface area contributed by atoms with Crippen LogP contribution in [0.5, 0.6) is 0 Å². The van der Waals surface area contributed by atoms with Crippen LogP contribution < -0.4 is 5.73 Å². The second-order valence-corrected chi connectivity index (χ2v) is 3.58. The molecule has 0 unspecified atom stereocenters. The standard InChI is InChI=1S/C11H15NO2/c1-7-3-4-9(10(12)8(7)2)11-13-5-6-14-11/h3-4,11H,5-6,12H2,1-2H3. The van der Waals surface area contributed by atoms with Crippen LogP contribution in [0.15, 0.2) is 12.1 Å². The summed E-state index contributed by atoms with van der Waals surface area (Å²) < 4.78 is 10.8. The van der Waals surface area contributed by atoms with E-state index in [-0.39, 0.29) is 6.29 Å². The van der Waals surface area contributed by atoms with Gasteiger partial charge < -0.3 is 15.2 Å². The van der Waals surface area contributed by atoms with E-state index in [2.05, 4.69) is 0 Å². The van der Waals surface area contributed by atoms with Crippen LogP contribution in [0, 0.1) is 13.8 Å². The van der Waals surface area contributed by atoms with Gasteiger partial charge >= 0.3 is 0 Å². The van der Waals surface area contributed by atoms with Gasteiger partial charge in [0.2, 0.25) is 0 Å². The number of anilines is 1. The largest absolute Gasteiger partial charge is 0.398 e. The molecule has 0 aromatic heterocycles. The summed E-state index contributed by atoms with van der Waals surface area (Å²) in [6.45, 7) is 5.36. The van der Waals surface area contributed by atoms with Crippen molar-refractivity contribution >= 4 is 5.69 Å². The van der Waals surface area contributed by atoms with Gasteiger partial charge in [0.25, 0.3) is 0 Å². The van der Waals surface area contributed by atoms with Crippen molar-refractivity contribution in [1.29, 1.82) is 0 Å². The fourth-order valence-electron chi connectivity index (χ4n) is 1.60. The Morgan fingerprint density at radius 3 is 2.50 bits per heavy atom. The zero-order valence-corrected chi connectivity index (χ0v) is 8.54. The van der Waals surface area contributed by atoms with E-state index in [4.69, 9.17) is 15.2 Å². The van der Waals surface area contributed by atoms with Crippen molar-refractivity contribution in [2.45, 2.75) is 20.1 Å². The van der Waals surface area contributed by atoms with Gasteiger partial charge in [-0.25, -0.2) is 0 Å². The Kier molecular flexibility index (Phi) is 2.44. The second kappa shape index (κ2) is 3.59. The van der Waals surface area contributed by atoms with Gasteiger partial charge in [0, 0.05) is 11.3 Å². The minimum absolute atomic E-state index is 0.269. The van der Waals surface area contributed by atoms with Crippen molar-refractivity contribution in [2.24, 2.45) is 0 Å². The third-order valence-electron chi connectivity index (χ3n) is 2.70. The van der Waals surface area contributed by atoms with Crippen molar-refractivity contribution in [3.05, 3.63) is 28.8 Å². The first-order valence-corrected chi connectivity index (χ1v) is 4.79. The van der Waals surface area contributed by atoms with Crippen LogP contribution in [0.25, 0.3) is 0 Å². The highest BCUT2D eigenvalue weighted by molar-refractivity contribution is 5.56. The number of nitrogens with two attached hydrogens (primary N) is 1. The number of hydrogen-bond donors (Lipinski definition) is 1. The van der Waals surface area contributed by atoms with Gasteiger partial charge in [0.1, 0.15) is 0 Å². The molecule has 2 rings (SSSR count). The van der Waals surface area contributed by atoms with Gasteiger partial charge in [0.05, 0.1) is 13.2 Å². The lowest BCUT2D eigenvalue weighted by atomic mass is 10.0. The summed E-state index contributed by atoms with van der Waals surface area (Å²) in [6.07, 6.45) is -0.269. The van der Waals surface area contributed by atoms with E-state index in [1.54, 1.807) is 0 Å². The molecule has 0 amide bonds. The average molecular weight is 193 g/mol. The lowest BCUT2D eigenvalue weighted by molar-refractivity contribution is -0.0435. The zero-order chi connectivity index (χ0) is 10.1.